The predicted molar refractivity (Wildman–Crippen MR) is 94.9 cm³/mol. The molecule has 126 valence electrons. The summed E-state index contributed by atoms with van der Waals surface area (Å²) in [5.74, 6) is 0. The number of nitrogens with zero attached hydrogens (tertiary/aromatic N) is 1. The Morgan fingerprint density at radius 2 is 1.48 bits per heavy atom. The van der Waals surface area contributed by atoms with Gasteiger partial charge in [-0.3, -0.25) is 0 Å². The predicted octanol–water partition coefficient (Wildman–Crippen LogP) is 4.84. The molecule has 1 rings (SSSR count). The molecule has 0 aromatic carbocycles. The molecule has 0 saturated carbocycles. The standard InChI is InChI=1S/C19H40N2/c1-4-5-6-7-8-9-10-11-12-13-15-21-16-14-19(2,18-21)17-20-3/h20H,4-18H2,1-3H3. The van der Waals surface area contributed by atoms with Crippen molar-refractivity contribution in [3.05, 3.63) is 0 Å². The molecular weight excluding hydrogens is 256 g/mol. The Bertz CT molecular complexity index is 242. The molecule has 1 unspecified atom stereocenters. The average molecular weight is 297 g/mol. The van der Waals surface area contributed by atoms with Gasteiger partial charge in [0, 0.05) is 13.1 Å². The lowest BCUT2D eigenvalue weighted by Crippen LogP contribution is -2.33. The minimum atomic E-state index is 0.521. The van der Waals surface area contributed by atoms with E-state index in [1.807, 2.05) is 0 Å². The van der Waals surface area contributed by atoms with Gasteiger partial charge in [-0.25, -0.2) is 0 Å². The summed E-state index contributed by atoms with van der Waals surface area (Å²) in [6.45, 7) is 9.84. The van der Waals surface area contributed by atoms with Crippen LogP contribution in [0.2, 0.25) is 0 Å². The second-order valence-electron chi connectivity index (χ2n) is 7.55. The number of nitrogens with one attached hydrogen (secondary N) is 1. The first-order chi connectivity index (χ1) is 10.2. The van der Waals surface area contributed by atoms with E-state index in [9.17, 15) is 0 Å². The second-order valence-corrected chi connectivity index (χ2v) is 7.55. The Balaban J connectivity index is 1.87. The van der Waals surface area contributed by atoms with Crippen molar-refractivity contribution in [2.24, 2.45) is 5.41 Å². The van der Waals surface area contributed by atoms with Crippen LogP contribution in [0.4, 0.5) is 0 Å². The maximum Gasteiger partial charge on any atom is 0.00480 e. The maximum absolute atomic E-state index is 3.35. The van der Waals surface area contributed by atoms with E-state index in [1.165, 1.54) is 96.8 Å². The van der Waals surface area contributed by atoms with Gasteiger partial charge in [0.1, 0.15) is 0 Å². The number of hydrogen-bond donors (Lipinski definition) is 1. The zero-order chi connectivity index (χ0) is 15.4. The van der Waals surface area contributed by atoms with Gasteiger partial charge in [-0.05, 0) is 38.4 Å². The van der Waals surface area contributed by atoms with Crippen molar-refractivity contribution in [3.63, 3.8) is 0 Å². The summed E-state index contributed by atoms with van der Waals surface area (Å²) in [5.41, 5.74) is 0.521. The molecular formula is C19H40N2. The first kappa shape index (κ1) is 19.0. The van der Waals surface area contributed by atoms with E-state index >= 15 is 0 Å². The van der Waals surface area contributed by atoms with Crippen LogP contribution < -0.4 is 5.32 Å². The van der Waals surface area contributed by atoms with Crippen LogP contribution in [0.5, 0.6) is 0 Å². The fraction of sp³-hybridized carbons (Fsp3) is 1.00. The lowest BCUT2D eigenvalue weighted by atomic mass is 9.90. The Morgan fingerprint density at radius 1 is 0.905 bits per heavy atom. The number of likely N-dealkylation sites (tertiary alicyclic amines) is 1. The summed E-state index contributed by atoms with van der Waals surface area (Å²) >= 11 is 0. The van der Waals surface area contributed by atoms with Crippen molar-refractivity contribution < 1.29 is 0 Å². The fourth-order valence-electron chi connectivity index (χ4n) is 3.71. The van der Waals surface area contributed by atoms with E-state index in [4.69, 9.17) is 0 Å². The first-order valence-corrected chi connectivity index (χ1v) is 9.57. The van der Waals surface area contributed by atoms with Gasteiger partial charge in [-0.1, -0.05) is 71.6 Å². The molecule has 0 spiro atoms. The third kappa shape index (κ3) is 8.83. The summed E-state index contributed by atoms with van der Waals surface area (Å²) in [5, 5.41) is 3.35. The molecule has 2 nitrogen and oxygen atoms in total. The molecule has 1 aliphatic heterocycles. The zero-order valence-corrected chi connectivity index (χ0v) is 15.1. The van der Waals surface area contributed by atoms with Crippen molar-refractivity contribution in [3.8, 4) is 0 Å². The lowest BCUT2D eigenvalue weighted by Gasteiger charge is -2.24. The van der Waals surface area contributed by atoms with Crippen molar-refractivity contribution in [2.75, 3.05) is 33.2 Å². The van der Waals surface area contributed by atoms with Gasteiger partial charge < -0.3 is 10.2 Å². The highest BCUT2D eigenvalue weighted by Crippen LogP contribution is 2.29. The lowest BCUT2D eigenvalue weighted by molar-refractivity contribution is 0.266. The Labute approximate surface area is 134 Å². The molecule has 1 N–H and O–H groups in total. The highest BCUT2D eigenvalue weighted by molar-refractivity contribution is 4.87. The van der Waals surface area contributed by atoms with Crippen LogP contribution in [0.1, 0.15) is 84.5 Å². The normalized spacial score (nSPS) is 23.0. The van der Waals surface area contributed by atoms with E-state index in [1.54, 1.807) is 0 Å². The molecule has 1 aliphatic rings. The van der Waals surface area contributed by atoms with Gasteiger partial charge in [0.25, 0.3) is 0 Å². The topological polar surface area (TPSA) is 15.3 Å². The van der Waals surface area contributed by atoms with Crippen LogP contribution in [0.25, 0.3) is 0 Å². The van der Waals surface area contributed by atoms with Gasteiger partial charge >= 0.3 is 0 Å². The Kier molecular flexibility index (Phi) is 10.4. The van der Waals surface area contributed by atoms with Crippen LogP contribution in [0.15, 0.2) is 0 Å². The third-order valence-corrected chi connectivity index (χ3v) is 5.07. The molecule has 21 heavy (non-hydrogen) atoms. The van der Waals surface area contributed by atoms with Gasteiger partial charge in [0.2, 0.25) is 0 Å². The molecule has 0 aliphatic carbocycles. The smallest absolute Gasteiger partial charge is 0.00480 e. The summed E-state index contributed by atoms with van der Waals surface area (Å²) in [6.07, 6.45) is 15.8. The molecule has 1 fully saturated rings. The summed E-state index contributed by atoms with van der Waals surface area (Å²) in [4.78, 5) is 2.68. The van der Waals surface area contributed by atoms with Gasteiger partial charge in [-0.15, -0.1) is 0 Å². The largest absolute Gasteiger partial charge is 0.319 e. The zero-order valence-electron chi connectivity index (χ0n) is 15.1. The highest BCUT2D eigenvalue weighted by Gasteiger charge is 2.32. The Morgan fingerprint density at radius 3 is 2.05 bits per heavy atom. The summed E-state index contributed by atoms with van der Waals surface area (Å²) in [7, 11) is 2.08. The summed E-state index contributed by atoms with van der Waals surface area (Å²) in [6, 6.07) is 0. The molecule has 0 aromatic heterocycles. The van der Waals surface area contributed by atoms with E-state index in [0.717, 1.165) is 0 Å². The maximum atomic E-state index is 3.35. The third-order valence-electron chi connectivity index (χ3n) is 5.07. The molecule has 1 atom stereocenters. The molecule has 2 heteroatoms. The number of hydrogen-bond acceptors (Lipinski definition) is 2. The van der Waals surface area contributed by atoms with Crippen molar-refractivity contribution >= 4 is 0 Å². The second kappa shape index (κ2) is 11.5. The van der Waals surface area contributed by atoms with Crippen molar-refractivity contribution in [1.29, 1.82) is 0 Å². The number of rotatable bonds is 13. The molecule has 0 bridgehead atoms. The monoisotopic (exact) mass is 296 g/mol. The highest BCUT2D eigenvalue weighted by atomic mass is 15.2. The molecule has 0 aromatic rings. The van der Waals surface area contributed by atoms with Crippen LogP contribution in [-0.4, -0.2) is 38.1 Å². The molecule has 1 saturated heterocycles. The molecule has 1 heterocycles. The first-order valence-electron chi connectivity index (χ1n) is 9.57. The van der Waals surface area contributed by atoms with Crippen molar-refractivity contribution in [2.45, 2.75) is 84.5 Å². The SMILES string of the molecule is CCCCCCCCCCCCN1CCC(C)(CNC)C1. The van der Waals surface area contributed by atoms with Crippen LogP contribution in [0, 0.1) is 5.41 Å². The fourth-order valence-corrected chi connectivity index (χ4v) is 3.71. The van der Waals surface area contributed by atoms with Gasteiger partial charge in [0.05, 0.1) is 0 Å². The van der Waals surface area contributed by atoms with Crippen LogP contribution in [-0.2, 0) is 0 Å². The quantitative estimate of drug-likeness (QED) is 0.489. The van der Waals surface area contributed by atoms with Crippen LogP contribution in [0.3, 0.4) is 0 Å². The summed E-state index contributed by atoms with van der Waals surface area (Å²) < 4.78 is 0. The van der Waals surface area contributed by atoms with E-state index in [0.29, 0.717) is 5.41 Å². The minimum Gasteiger partial charge on any atom is -0.319 e. The van der Waals surface area contributed by atoms with Gasteiger partial charge in [0.15, 0.2) is 0 Å². The van der Waals surface area contributed by atoms with E-state index in [2.05, 4.69) is 31.1 Å². The van der Waals surface area contributed by atoms with Crippen LogP contribution >= 0.6 is 0 Å². The van der Waals surface area contributed by atoms with Gasteiger partial charge in [-0.2, -0.15) is 0 Å². The molecule has 0 amide bonds. The Hall–Kier alpha value is -0.0800. The number of unbranched alkanes of at least 4 members (excludes halogenated alkanes) is 9. The molecule has 0 radical (unpaired) electrons. The minimum absolute atomic E-state index is 0.521. The van der Waals surface area contributed by atoms with Crippen molar-refractivity contribution in [1.82, 2.24) is 10.2 Å². The van der Waals surface area contributed by atoms with E-state index < -0.39 is 0 Å². The average Bonchev–Trinajstić information content (AvgIpc) is 2.83. The van der Waals surface area contributed by atoms with E-state index in [-0.39, 0.29) is 0 Å².